The molecule has 0 radical (unpaired) electrons. The van der Waals surface area contributed by atoms with E-state index in [1.165, 1.54) is 0 Å². The van der Waals surface area contributed by atoms with E-state index >= 15 is 0 Å². The number of carbonyl (C=O) groups excluding carboxylic acids is 3. The van der Waals surface area contributed by atoms with Gasteiger partial charge in [0.15, 0.2) is 0 Å². The number of rotatable bonds is 2. The van der Waals surface area contributed by atoms with Gasteiger partial charge in [0.2, 0.25) is 11.8 Å². The number of aromatic nitrogens is 1. The van der Waals surface area contributed by atoms with Crippen LogP contribution in [0.4, 0.5) is 4.79 Å². The predicted octanol–water partition coefficient (Wildman–Crippen LogP) is 0.188. The Morgan fingerprint density at radius 1 is 1.32 bits per heavy atom. The third-order valence-electron chi connectivity index (χ3n) is 4.81. The molecule has 1 aromatic heterocycles. The van der Waals surface area contributed by atoms with E-state index in [4.69, 9.17) is 0 Å². The molecule has 0 unspecified atom stereocenters. The first-order valence-electron chi connectivity index (χ1n) is 8.42. The number of amides is 4. The normalized spacial score (nSPS) is 23.4. The highest BCUT2D eigenvalue weighted by Crippen LogP contribution is 2.32. The highest BCUT2D eigenvalue weighted by atomic mass is 16.3. The van der Waals surface area contributed by atoms with Crippen molar-refractivity contribution in [3.8, 4) is 0 Å². The van der Waals surface area contributed by atoms with Crippen molar-refractivity contribution in [1.82, 2.24) is 20.5 Å². The number of piperidine rings is 1. The van der Waals surface area contributed by atoms with Crippen molar-refractivity contribution in [3.05, 3.63) is 29.6 Å². The van der Waals surface area contributed by atoms with E-state index in [2.05, 4.69) is 15.6 Å². The number of hydrogen-bond acceptors (Lipinski definition) is 5. The summed E-state index contributed by atoms with van der Waals surface area (Å²) in [5.74, 6) is -0.602. The van der Waals surface area contributed by atoms with Gasteiger partial charge in [0.1, 0.15) is 11.6 Å². The van der Waals surface area contributed by atoms with Crippen LogP contribution in [-0.2, 0) is 15.2 Å². The highest BCUT2D eigenvalue weighted by Gasteiger charge is 2.38. The van der Waals surface area contributed by atoms with Gasteiger partial charge in [-0.3, -0.25) is 19.9 Å². The molecule has 2 fully saturated rings. The van der Waals surface area contributed by atoms with E-state index in [1.807, 2.05) is 19.1 Å². The van der Waals surface area contributed by atoms with Crippen molar-refractivity contribution in [1.29, 1.82) is 0 Å². The molecule has 25 heavy (non-hydrogen) atoms. The van der Waals surface area contributed by atoms with Crippen LogP contribution in [0.5, 0.6) is 0 Å². The summed E-state index contributed by atoms with van der Waals surface area (Å²) >= 11 is 0. The zero-order valence-electron chi connectivity index (χ0n) is 14.1. The molecule has 3 N–H and O–H groups in total. The fourth-order valence-corrected chi connectivity index (χ4v) is 3.23. The molecule has 0 aromatic carbocycles. The fourth-order valence-electron chi connectivity index (χ4n) is 3.23. The van der Waals surface area contributed by atoms with Crippen molar-refractivity contribution in [3.63, 3.8) is 0 Å². The number of aliphatic hydroxyl groups is 1. The Hall–Kier alpha value is -2.48. The molecule has 8 nitrogen and oxygen atoms in total. The summed E-state index contributed by atoms with van der Waals surface area (Å²) in [6, 6.07) is 2.37. The van der Waals surface area contributed by atoms with Gasteiger partial charge in [-0.05, 0) is 37.8 Å². The maximum Gasteiger partial charge on any atom is 0.322 e. The Kier molecular flexibility index (Phi) is 4.71. The van der Waals surface area contributed by atoms with Crippen LogP contribution in [0.3, 0.4) is 0 Å². The van der Waals surface area contributed by atoms with Crippen molar-refractivity contribution >= 4 is 17.8 Å². The third-order valence-corrected chi connectivity index (χ3v) is 4.81. The quantitative estimate of drug-likeness (QED) is 0.708. The van der Waals surface area contributed by atoms with Crippen molar-refractivity contribution in [2.75, 3.05) is 13.1 Å². The maximum atomic E-state index is 12.6. The van der Waals surface area contributed by atoms with E-state index in [9.17, 15) is 19.5 Å². The van der Waals surface area contributed by atoms with Crippen LogP contribution in [0.2, 0.25) is 0 Å². The summed E-state index contributed by atoms with van der Waals surface area (Å²) in [7, 11) is 0. The standard InChI is InChI=1S/C17H22N4O4/c1-11-2-4-13(18-10-11)17(25)6-8-21(9-7-17)15(23)12-3-5-14(22)20-16(24)19-12/h2,4,10,12,25H,3,5-9H2,1H3,(H2,19,20,22,24)/t12-/m1/s1. The third kappa shape index (κ3) is 3.79. The molecule has 0 spiro atoms. The molecule has 8 heteroatoms. The van der Waals surface area contributed by atoms with Gasteiger partial charge < -0.3 is 15.3 Å². The molecule has 0 bridgehead atoms. The number of likely N-dealkylation sites (tertiary alicyclic amines) is 1. The second-order valence-corrected chi connectivity index (χ2v) is 6.69. The Balaban J connectivity index is 1.63. The molecule has 2 saturated heterocycles. The van der Waals surface area contributed by atoms with Crippen LogP contribution < -0.4 is 10.6 Å². The SMILES string of the molecule is Cc1ccc(C2(O)CCN(C(=O)[C@H]3CCC(=O)NC(=O)N3)CC2)nc1. The Bertz CT molecular complexity index is 680. The molecule has 3 heterocycles. The number of carbonyl (C=O) groups is 3. The lowest BCUT2D eigenvalue weighted by atomic mass is 9.87. The van der Waals surface area contributed by atoms with E-state index in [-0.39, 0.29) is 24.7 Å². The number of aryl methyl sites for hydroxylation is 1. The summed E-state index contributed by atoms with van der Waals surface area (Å²) in [6.45, 7) is 2.68. The van der Waals surface area contributed by atoms with Gasteiger partial charge in [0.25, 0.3) is 0 Å². The molecule has 134 valence electrons. The lowest BCUT2D eigenvalue weighted by Crippen LogP contribution is -2.53. The monoisotopic (exact) mass is 346 g/mol. The molecule has 0 saturated carbocycles. The molecule has 2 aliphatic rings. The minimum atomic E-state index is -1.05. The average molecular weight is 346 g/mol. The summed E-state index contributed by atoms with van der Waals surface area (Å²) in [5.41, 5.74) is 0.587. The molecule has 4 amide bonds. The van der Waals surface area contributed by atoms with Gasteiger partial charge in [-0.15, -0.1) is 0 Å². The molecule has 2 aliphatic heterocycles. The van der Waals surface area contributed by atoms with Crippen molar-refractivity contribution in [2.45, 2.75) is 44.2 Å². The summed E-state index contributed by atoms with van der Waals surface area (Å²) in [4.78, 5) is 41.5. The van der Waals surface area contributed by atoms with Crippen LogP contribution in [-0.4, -0.2) is 52.0 Å². The Morgan fingerprint density at radius 3 is 2.68 bits per heavy atom. The summed E-state index contributed by atoms with van der Waals surface area (Å²) < 4.78 is 0. The summed E-state index contributed by atoms with van der Waals surface area (Å²) in [6.07, 6.45) is 2.88. The van der Waals surface area contributed by atoms with E-state index < -0.39 is 17.7 Å². The number of nitrogens with one attached hydrogen (secondary N) is 2. The Labute approximate surface area is 145 Å². The topological polar surface area (TPSA) is 112 Å². The van der Waals surface area contributed by atoms with E-state index in [0.29, 0.717) is 31.6 Å². The average Bonchev–Trinajstić information content (AvgIpc) is 2.75. The summed E-state index contributed by atoms with van der Waals surface area (Å²) in [5, 5.41) is 15.5. The largest absolute Gasteiger partial charge is 0.383 e. The number of imide groups is 1. The van der Waals surface area contributed by atoms with E-state index in [1.54, 1.807) is 11.1 Å². The predicted molar refractivity (Wildman–Crippen MR) is 88.4 cm³/mol. The smallest absolute Gasteiger partial charge is 0.322 e. The van der Waals surface area contributed by atoms with E-state index in [0.717, 1.165) is 5.56 Å². The second-order valence-electron chi connectivity index (χ2n) is 6.69. The zero-order chi connectivity index (χ0) is 18.0. The van der Waals surface area contributed by atoms with Crippen LogP contribution in [0, 0.1) is 6.92 Å². The minimum absolute atomic E-state index is 0.125. The lowest BCUT2D eigenvalue weighted by molar-refractivity contribution is -0.138. The van der Waals surface area contributed by atoms with Crippen LogP contribution in [0.15, 0.2) is 18.3 Å². The first kappa shape index (κ1) is 17.3. The second kappa shape index (κ2) is 6.79. The first-order chi connectivity index (χ1) is 11.9. The number of hydrogen-bond donors (Lipinski definition) is 3. The Morgan fingerprint density at radius 2 is 2.04 bits per heavy atom. The number of pyridine rings is 1. The lowest BCUT2D eigenvalue weighted by Gasteiger charge is -2.39. The van der Waals surface area contributed by atoms with Gasteiger partial charge in [-0.2, -0.15) is 0 Å². The van der Waals surface area contributed by atoms with Crippen LogP contribution in [0.1, 0.15) is 36.9 Å². The van der Waals surface area contributed by atoms with Gasteiger partial charge >= 0.3 is 6.03 Å². The highest BCUT2D eigenvalue weighted by molar-refractivity contribution is 5.98. The van der Waals surface area contributed by atoms with Crippen LogP contribution >= 0.6 is 0 Å². The number of urea groups is 1. The van der Waals surface area contributed by atoms with Crippen molar-refractivity contribution < 1.29 is 19.5 Å². The molecule has 3 rings (SSSR count). The van der Waals surface area contributed by atoms with Gasteiger partial charge in [-0.1, -0.05) is 6.07 Å². The molecule has 1 atom stereocenters. The fraction of sp³-hybridized carbons (Fsp3) is 0.529. The number of nitrogens with zero attached hydrogens (tertiary/aromatic N) is 2. The van der Waals surface area contributed by atoms with Gasteiger partial charge in [-0.25, -0.2) is 4.79 Å². The van der Waals surface area contributed by atoms with Crippen LogP contribution in [0.25, 0.3) is 0 Å². The maximum absolute atomic E-state index is 12.6. The molecular formula is C17H22N4O4. The van der Waals surface area contributed by atoms with Crippen molar-refractivity contribution in [2.24, 2.45) is 0 Å². The zero-order valence-corrected chi connectivity index (χ0v) is 14.1. The molecular weight excluding hydrogens is 324 g/mol. The molecule has 0 aliphatic carbocycles. The first-order valence-corrected chi connectivity index (χ1v) is 8.42. The van der Waals surface area contributed by atoms with Gasteiger partial charge in [0.05, 0.1) is 5.69 Å². The molecule has 1 aromatic rings. The van der Waals surface area contributed by atoms with Gasteiger partial charge in [0, 0.05) is 25.7 Å². The minimum Gasteiger partial charge on any atom is -0.383 e.